The number of nitrogens with one attached hydrogen (secondary N) is 2. The zero-order chi connectivity index (χ0) is 52.6. The lowest BCUT2D eigenvalue weighted by Gasteiger charge is -2.32. The topological polar surface area (TPSA) is 150 Å². The lowest BCUT2D eigenvalue weighted by atomic mass is 9.93. The van der Waals surface area contributed by atoms with Crippen molar-refractivity contribution >= 4 is 35.5 Å². The molecule has 24 heteroatoms. The van der Waals surface area contributed by atoms with Gasteiger partial charge in [-0.3, -0.25) is 9.59 Å². The quantitative estimate of drug-likeness (QED) is 0.0593. The number of cyclic esters (lactones) is 2. The van der Waals surface area contributed by atoms with Crippen LogP contribution in [0.4, 0.5) is 52.7 Å². The van der Waals surface area contributed by atoms with Crippen LogP contribution in [0.2, 0.25) is 0 Å². The number of esters is 2. The average molecular weight is 1060 g/mol. The summed E-state index contributed by atoms with van der Waals surface area (Å²) in [4.78, 5) is 38.5. The Bertz CT molecular complexity index is 2510. The van der Waals surface area contributed by atoms with Crippen LogP contribution in [-0.4, -0.2) is 77.0 Å². The van der Waals surface area contributed by atoms with Crippen molar-refractivity contribution in [2.24, 2.45) is 0 Å². The number of benzene rings is 4. The van der Waals surface area contributed by atoms with Gasteiger partial charge in [-0.15, -0.1) is 0 Å². The lowest BCUT2D eigenvalue weighted by Crippen LogP contribution is -2.42. The smallest absolute Gasteiger partial charge is 0.416 e. The summed E-state index contributed by atoms with van der Waals surface area (Å²) in [5, 5.41) is 21.1. The molecule has 4 aromatic carbocycles. The lowest BCUT2D eigenvalue weighted by molar-refractivity contribution is -0.167. The number of carbonyl (C=O) groups is 2. The highest BCUT2D eigenvalue weighted by Gasteiger charge is 2.39. The molecule has 0 radical (unpaired) electrons. The van der Waals surface area contributed by atoms with E-state index in [1.54, 1.807) is 0 Å². The van der Waals surface area contributed by atoms with Crippen molar-refractivity contribution in [3.63, 3.8) is 0 Å². The summed E-state index contributed by atoms with van der Waals surface area (Å²) in [6.07, 6.45) is -19.1. The number of aromatic amines is 2. The molecule has 2 aliphatic heterocycles. The SMILES string of the molecule is C[C@@]1(O)CC(=O)O[C@@H](CSc2nc(-c3ccc(C(F)(F)F)cc3)c(-c3ccc(C(F)(F)F)cc3)[nH]2)C1.C[C@]1(O)CC(=O)O[C@@H](CSc2nc(-c3ccc(C(F)(F)F)cc3)c(-c3ccc(C(F)(F)F)cc3)[nH]2)C1. The van der Waals surface area contributed by atoms with E-state index in [0.717, 1.165) is 72.1 Å². The monoisotopic (exact) mass is 1060 g/mol. The highest BCUT2D eigenvalue weighted by atomic mass is 32.2. The van der Waals surface area contributed by atoms with E-state index in [-0.39, 0.29) is 48.6 Å². The van der Waals surface area contributed by atoms with Crippen LogP contribution in [0.3, 0.4) is 0 Å². The summed E-state index contributed by atoms with van der Waals surface area (Å²) in [6, 6.07) is 17.2. The van der Waals surface area contributed by atoms with E-state index in [0.29, 0.717) is 44.0 Å². The maximum absolute atomic E-state index is 13.0. The average Bonchev–Trinajstić information content (AvgIpc) is 3.91. The fourth-order valence-electron chi connectivity index (χ4n) is 7.78. The van der Waals surface area contributed by atoms with Crippen molar-refractivity contribution < 1.29 is 82.0 Å². The molecular weight excluding hydrogens is 1020 g/mol. The number of rotatable bonds is 10. The Morgan fingerprint density at radius 3 is 1.01 bits per heavy atom. The van der Waals surface area contributed by atoms with Crippen molar-refractivity contribution in [2.75, 3.05) is 11.5 Å². The molecule has 2 fully saturated rings. The third-order valence-corrected chi connectivity index (χ3v) is 13.1. The number of aliphatic hydroxyl groups is 2. The van der Waals surface area contributed by atoms with Crippen LogP contribution in [0, 0.1) is 0 Å². The van der Waals surface area contributed by atoms with Gasteiger partial charge in [0, 0.05) is 46.6 Å². The maximum atomic E-state index is 13.0. The largest absolute Gasteiger partial charge is 0.461 e. The van der Waals surface area contributed by atoms with Gasteiger partial charge in [-0.1, -0.05) is 72.1 Å². The third kappa shape index (κ3) is 13.7. The molecule has 2 aromatic heterocycles. The van der Waals surface area contributed by atoms with E-state index in [2.05, 4.69) is 19.9 Å². The normalized spacial score (nSPS) is 20.9. The van der Waals surface area contributed by atoms with Crippen LogP contribution in [0.15, 0.2) is 107 Å². The van der Waals surface area contributed by atoms with Gasteiger partial charge in [0.1, 0.15) is 12.2 Å². The van der Waals surface area contributed by atoms with Crippen LogP contribution >= 0.6 is 23.5 Å². The first-order chi connectivity index (χ1) is 33.4. The minimum absolute atomic E-state index is 0.120. The Kier molecular flexibility index (Phi) is 15.3. The molecular formula is C48H40F12N4O6S2. The van der Waals surface area contributed by atoms with Crippen LogP contribution in [0.25, 0.3) is 45.0 Å². The molecule has 6 aromatic rings. The minimum atomic E-state index is -4.53. The molecule has 2 saturated heterocycles. The predicted octanol–water partition coefficient (Wildman–Crippen LogP) is 12.7. The Morgan fingerprint density at radius 1 is 0.500 bits per heavy atom. The Hall–Kier alpha value is -5.98. The molecule has 4 atom stereocenters. The van der Waals surface area contributed by atoms with Gasteiger partial charge in [-0.25, -0.2) is 9.97 Å². The third-order valence-electron chi connectivity index (χ3n) is 11.1. The van der Waals surface area contributed by atoms with Crippen LogP contribution in [-0.2, 0) is 43.8 Å². The van der Waals surface area contributed by atoms with E-state index < -0.39 is 82.3 Å². The van der Waals surface area contributed by atoms with Crippen LogP contribution in [0.5, 0.6) is 0 Å². The molecule has 72 heavy (non-hydrogen) atoms. The summed E-state index contributed by atoms with van der Waals surface area (Å²) in [5.74, 6) is -0.609. The van der Waals surface area contributed by atoms with Crippen molar-refractivity contribution in [1.82, 2.24) is 19.9 Å². The zero-order valence-corrected chi connectivity index (χ0v) is 39.0. The van der Waals surface area contributed by atoms with Gasteiger partial charge in [0.25, 0.3) is 0 Å². The molecule has 0 spiro atoms. The van der Waals surface area contributed by atoms with E-state index in [4.69, 9.17) is 9.47 Å². The molecule has 0 aliphatic carbocycles. The van der Waals surface area contributed by atoms with Crippen molar-refractivity contribution in [3.05, 3.63) is 119 Å². The summed E-state index contributed by atoms with van der Waals surface area (Å²) >= 11 is 2.31. The molecule has 8 rings (SSSR count). The van der Waals surface area contributed by atoms with Crippen molar-refractivity contribution in [3.8, 4) is 45.0 Å². The summed E-state index contributed by atoms with van der Waals surface area (Å²) in [6.45, 7) is 3.06. The van der Waals surface area contributed by atoms with Crippen LogP contribution in [0.1, 0.15) is 61.8 Å². The fraction of sp³-hybridized carbons (Fsp3) is 0.333. The number of aromatic nitrogens is 4. The summed E-state index contributed by atoms with van der Waals surface area (Å²) in [7, 11) is 0. The van der Waals surface area contributed by atoms with E-state index in [1.165, 1.54) is 62.4 Å². The number of nitrogens with zero attached hydrogens (tertiary/aromatic N) is 2. The van der Waals surface area contributed by atoms with Gasteiger partial charge < -0.3 is 29.7 Å². The molecule has 10 nitrogen and oxygen atoms in total. The molecule has 4 heterocycles. The number of hydrogen-bond donors (Lipinski definition) is 4. The van der Waals surface area contributed by atoms with E-state index in [1.807, 2.05) is 0 Å². The first-order valence-corrected chi connectivity index (χ1v) is 23.4. The number of thioether (sulfide) groups is 2. The molecule has 2 aliphatic rings. The van der Waals surface area contributed by atoms with Gasteiger partial charge in [-0.2, -0.15) is 52.7 Å². The van der Waals surface area contributed by atoms with Gasteiger partial charge in [-0.05, 0) is 62.4 Å². The van der Waals surface area contributed by atoms with E-state index in [9.17, 15) is 72.5 Å². The van der Waals surface area contributed by atoms with Crippen molar-refractivity contribution in [2.45, 2.75) is 98.0 Å². The highest BCUT2D eigenvalue weighted by molar-refractivity contribution is 7.99. The zero-order valence-electron chi connectivity index (χ0n) is 37.4. The first-order valence-electron chi connectivity index (χ1n) is 21.4. The highest BCUT2D eigenvalue weighted by Crippen LogP contribution is 2.40. The van der Waals surface area contributed by atoms with Gasteiger partial charge in [0.15, 0.2) is 10.3 Å². The molecule has 384 valence electrons. The molecule has 0 unspecified atom stereocenters. The first kappa shape index (κ1) is 53.8. The molecule has 0 bridgehead atoms. The van der Waals surface area contributed by atoms with Crippen LogP contribution < -0.4 is 0 Å². The second-order valence-corrected chi connectivity index (χ2v) is 19.5. The number of hydrogen-bond acceptors (Lipinski definition) is 10. The number of carbonyl (C=O) groups excluding carboxylic acids is 2. The second-order valence-electron chi connectivity index (χ2n) is 17.4. The Balaban J connectivity index is 0.000000211. The predicted molar refractivity (Wildman–Crippen MR) is 240 cm³/mol. The number of alkyl halides is 12. The molecule has 4 N–H and O–H groups in total. The maximum Gasteiger partial charge on any atom is 0.416 e. The summed E-state index contributed by atoms with van der Waals surface area (Å²) in [5.41, 5.74) is -3.31. The van der Waals surface area contributed by atoms with Gasteiger partial charge in [0.05, 0.1) is 69.1 Å². The van der Waals surface area contributed by atoms with Gasteiger partial charge >= 0.3 is 36.6 Å². The fourth-order valence-corrected chi connectivity index (χ4v) is 9.50. The summed E-state index contributed by atoms with van der Waals surface area (Å²) < 4.78 is 166. The number of H-pyrrole nitrogens is 2. The number of imidazole rings is 2. The van der Waals surface area contributed by atoms with Gasteiger partial charge in [0.2, 0.25) is 0 Å². The Morgan fingerprint density at radius 2 is 0.764 bits per heavy atom. The molecule has 0 saturated carbocycles. The Labute approximate surface area is 410 Å². The standard InChI is InChI=1S/2C24H20F6N2O3S/c2*1-22(34)10-17(35-18(33)11-22)12-36-21-31-19(13-2-6-15(7-3-13)23(25,26)27)20(32-21)14-4-8-16(9-5-14)24(28,29)30/h2*2-9,17,34H,10-12H2,1H3,(H,31,32)/t17-,22+;17-,22-/m11/s1. The van der Waals surface area contributed by atoms with E-state index >= 15 is 0 Å². The number of ether oxygens (including phenoxy) is 2. The minimum Gasteiger partial charge on any atom is -0.461 e. The van der Waals surface area contributed by atoms with Crippen molar-refractivity contribution in [1.29, 1.82) is 0 Å². The number of halogens is 12. The second kappa shape index (κ2) is 20.5. The molecule has 0 amide bonds.